The van der Waals surface area contributed by atoms with Gasteiger partial charge in [0.1, 0.15) is 6.54 Å². The smallest absolute Gasteiger partial charge is 0.337 e. The molecule has 6 nitrogen and oxygen atoms in total. The van der Waals surface area contributed by atoms with Crippen LogP contribution in [0.4, 0.5) is 0 Å². The summed E-state index contributed by atoms with van der Waals surface area (Å²) in [4.78, 5) is 32.2. The largest absolute Gasteiger partial charge is 0.465 e. The Morgan fingerprint density at radius 1 is 0.878 bits per heavy atom. The summed E-state index contributed by atoms with van der Waals surface area (Å²) in [6.07, 6.45) is 13.1. The van der Waals surface area contributed by atoms with Gasteiger partial charge in [-0.15, -0.1) is 0 Å². The first kappa shape index (κ1) is 36.6. The molecule has 1 aromatic carbocycles. The average molecular weight is 676 g/mol. The summed E-state index contributed by atoms with van der Waals surface area (Å²) in [7, 11) is 7.28. The van der Waals surface area contributed by atoms with Crippen molar-refractivity contribution < 1.29 is 23.8 Å². The molecule has 272 valence electrons. The standard InChI is InChI=1S/C43H66N2O4/c1-28(2)31-18-23-43(38(47)44-26-27-45(8,9)49-11)25-24-41(6)33(36(31)43)16-17-35-40(5)21-19-32(29-12-14-30(15-13-29)37(46)48-10)39(3,4)34(40)20-22-42(35,41)7/h12-15,19,28,31,33-36H,16-18,20-27H2,1-11H3/p+1. The Hall–Kier alpha value is -2.18. The van der Waals surface area contributed by atoms with Crippen LogP contribution in [0, 0.1) is 62.6 Å². The third-order valence-corrected chi connectivity index (χ3v) is 16.4. The Bertz CT molecular complexity index is 1460. The molecule has 0 heterocycles. The molecule has 4 saturated carbocycles. The van der Waals surface area contributed by atoms with Crippen molar-refractivity contribution in [1.82, 2.24) is 5.32 Å². The number of likely N-dealkylation sites (N-methyl/N-ethyl adjacent to an activating group) is 1. The predicted molar refractivity (Wildman–Crippen MR) is 197 cm³/mol. The summed E-state index contributed by atoms with van der Waals surface area (Å²) < 4.78 is 5.41. The molecule has 1 amide bonds. The molecule has 5 aliphatic carbocycles. The number of benzene rings is 1. The van der Waals surface area contributed by atoms with E-state index >= 15 is 0 Å². The first-order chi connectivity index (χ1) is 22.9. The van der Waals surface area contributed by atoms with Gasteiger partial charge in [-0.3, -0.25) is 4.79 Å². The van der Waals surface area contributed by atoms with E-state index in [0.29, 0.717) is 58.2 Å². The maximum absolute atomic E-state index is 14.4. The summed E-state index contributed by atoms with van der Waals surface area (Å²) >= 11 is 0. The number of carbonyl (C=O) groups excluding carboxylic acids is 2. The summed E-state index contributed by atoms with van der Waals surface area (Å²) in [5, 5.41) is 3.46. The molecule has 0 bridgehead atoms. The molecule has 9 unspecified atom stereocenters. The average Bonchev–Trinajstić information content (AvgIpc) is 3.46. The molecular formula is C43H67N2O4+. The summed E-state index contributed by atoms with van der Waals surface area (Å²) in [5.74, 6) is 3.55. The van der Waals surface area contributed by atoms with Crippen molar-refractivity contribution >= 4 is 17.4 Å². The van der Waals surface area contributed by atoms with Crippen molar-refractivity contribution in [1.29, 1.82) is 0 Å². The van der Waals surface area contributed by atoms with Gasteiger partial charge in [-0.2, -0.15) is 4.65 Å². The van der Waals surface area contributed by atoms with Gasteiger partial charge in [0.25, 0.3) is 0 Å². The van der Waals surface area contributed by atoms with Crippen LogP contribution in [-0.2, 0) is 14.4 Å². The molecular weight excluding hydrogens is 608 g/mol. The maximum atomic E-state index is 14.4. The third-order valence-electron chi connectivity index (χ3n) is 16.4. The molecule has 49 heavy (non-hydrogen) atoms. The van der Waals surface area contributed by atoms with Crippen molar-refractivity contribution in [3.05, 3.63) is 41.5 Å². The number of amides is 1. The Balaban J connectivity index is 1.30. The lowest BCUT2D eigenvalue weighted by Gasteiger charge is -2.72. The highest BCUT2D eigenvalue weighted by Crippen LogP contribution is 2.77. The monoisotopic (exact) mass is 676 g/mol. The van der Waals surface area contributed by atoms with Crippen LogP contribution >= 0.6 is 0 Å². The van der Waals surface area contributed by atoms with Crippen molar-refractivity contribution in [3.8, 4) is 0 Å². The molecule has 0 aliphatic heterocycles. The number of rotatable bonds is 8. The zero-order valence-corrected chi connectivity index (χ0v) is 32.7. The SMILES string of the molecule is COC(=O)c1ccc(C2=CCC3(C)C(CCC4(C)C3CCC3C5C(C(C)C)CCC5(C(=O)NCC[N+](C)(C)OC)CCC34C)C2(C)C)cc1. The number of nitrogens with zero attached hydrogens (tertiary/aromatic N) is 1. The topological polar surface area (TPSA) is 64.6 Å². The quantitative estimate of drug-likeness (QED) is 0.170. The van der Waals surface area contributed by atoms with Crippen LogP contribution in [0.2, 0.25) is 0 Å². The van der Waals surface area contributed by atoms with Gasteiger partial charge in [-0.05, 0) is 138 Å². The summed E-state index contributed by atoms with van der Waals surface area (Å²) in [6, 6.07) is 8.08. The minimum atomic E-state index is -0.282. The van der Waals surface area contributed by atoms with Gasteiger partial charge in [0.05, 0.1) is 45.8 Å². The molecule has 6 heteroatoms. The second-order valence-corrected chi connectivity index (χ2v) is 19.1. The number of nitrogens with one attached hydrogen (secondary N) is 1. The molecule has 1 aromatic rings. The number of hydrogen-bond acceptors (Lipinski definition) is 4. The van der Waals surface area contributed by atoms with Gasteiger partial charge < -0.3 is 10.1 Å². The van der Waals surface area contributed by atoms with Gasteiger partial charge in [0.15, 0.2) is 0 Å². The lowest BCUT2D eigenvalue weighted by molar-refractivity contribution is -1.07. The van der Waals surface area contributed by atoms with Crippen LogP contribution < -0.4 is 5.32 Å². The summed E-state index contributed by atoms with van der Waals surface area (Å²) in [5.41, 5.74) is 3.77. The van der Waals surface area contributed by atoms with E-state index < -0.39 is 0 Å². The fourth-order valence-electron chi connectivity index (χ4n) is 13.5. The molecule has 0 spiro atoms. The number of fused-ring (bicyclic) bond motifs is 7. The minimum Gasteiger partial charge on any atom is -0.465 e. The van der Waals surface area contributed by atoms with Gasteiger partial charge in [-0.25, -0.2) is 9.63 Å². The first-order valence-electron chi connectivity index (χ1n) is 19.5. The van der Waals surface area contributed by atoms with E-state index in [4.69, 9.17) is 9.57 Å². The number of allylic oxidation sites excluding steroid dienone is 2. The van der Waals surface area contributed by atoms with E-state index in [9.17, 15) is 9.59 Å². The maximum Gasteiger partial charge on any atom is 0.337 e. The number of esters is 1. The second kappa shape index (κ2) is 12.5. The van der Waals surface area contributed by atoms with Gasteiger partial charge in [-0.1, -0.05) is 66.7 Å². The number of hydroxylamine groups is 3. The Morgan fingerprint density at radius 3 is 2.20 bits per heavy atom. The van der Waals surface area contributed by atoms with Gasteiger partial charge in [0.2, 0.25) is 5.91 Å². The number of ether oxygens (including phenoxy) is 1. The predicted octanol–water partition coefficient (Wildman–Crippen LogP) is 8.96. The fraction of sp³-hybridized carbons (Fsp3) is 0.767. The Morgan fingerprint density at radius 2 is 1.57 bits per heavy atom. The van der Waals surface area contributed by atoms with Crippen LogP contribution in [0.15, 0.2) is 30.3 Å². The molecule has 0 radical (unpaired) electrons. The molecule has 5 aliphatic rings. The zero-order chi connectivity index (χ0) is 35.8. The van der Waals surface area contributed by atoms with Crippen LogP contribution in [0.3, 0.4) is 0 Å². The molecule has 0 saturated heterocycles. The molecule has 6 rings (SSSR count). The first-order valence-corrected chi connectivity index (χ1v) is 19.5. The van der Waals surface area contributed by atoms with E-state index in [1.165, 1.54) is 50.4 Å². The van der Waals surface area contributed by atoms with Crippen LogP contribution in [-0.4, -0.2) is 57.9 Å². The summed E-state index contributed by atoms with van der Waals surface area (Å²) in [6.45, 7) is 19.2. The van der Waals surface area contributed by atoms with Crippen LogP contribution in [0.25, 0.3) is 5.57 Å². The number of carbonyl (C=O) groups is 2. The molecule has 9 atom stereocenters. The Kier molecular flexibility index (Phi) is 9.34. The van der Waals surface area contributed by atoms with Crippen molar-refractivity contribution in [2.24, 2.45) is 62.6 Å². The van der Waals surface area contributed by atoms with E-state index in [1.807, 2.05) is 26.2 Å². The highest BCUT2D eigenvalue weighted by molar-refractivity contribution is 5.90. The highest BCUT2D eigenvalue weighted by Gasteiger charge is 2.71. The van der Waals surface area contributed by atoms with E-state index in [2.05, 4.69) is 72.0 Å². The van der Waals surface area contributed by atoms with Crippen molar-refractivity contribution in [2.45, 2.75) is 106 Å². The van der Waals surface area contributed by atoms with Crippen LogP contribution in [0.5, 0.6) is 0 Å². The number of methoxy groups -OCH3 is 1. The molecule has 0 aromatic heterocycles. The van der Waals surface area contributed by atoms with E-state index in [-0.39, 0.29) is 33.0 Å². The molecule has 1 N–H and O–H groups in total. The second-order valence-electron chi connectivity index (χ2n) is 19.1. The minimum absolute atomic E-state index is 0.0307. The van der Waals surface area contributed by atoms with E-state index in [0.717, 1.165) is 32.2 Å². The third kappa shape index (κ3) is 5.47. The Labute approximate surface area is 297 Å². The normalized spacial score (nSPS) is 39.6. The lowest BCUT2D eigenvalue weighted by atomic mass is 9.32. The van der Waals surface area contributed by atoms with Gasteiger partial charge in [0, 0.05) is 0 Å². The fourth-order valence-corrected chi connectivity index (χ4v) is 13.5. The van der Waals surface area contributed by atoms with E-state index in [1.54, 1.807) is 7.11 Å². The highest BCUT2D eigenvalue weighted by atomic mass is 16.7. The van der Waals surface area contributed by atoms with Crippen molar-refractivity contribution in [3.63, 3.8) is 0 Å². The van der Waals surface area contributed by atoms with Crippen LogP contribution in [0.1, 0.15) is 122 Å². The van der Waals surface area contributed by atoms with Crippen molar-refractivity contribution in [2.75, 3.05) is 41.4 Å². The molecule has 4 fully saturated rings. The lowest BCUT2D eigenvalue weighted by Crippen LogP contribution is -2.66. The zero-order valence-electron chi connectivity index (χ0n) is 32.7. The number of quaternary nitrogens is 1. The number of hydrogen-bond donors (Lipinski definition) is 1. The van der Waals surface area contributed by atoms with Gasteiger partial charge >= 0.3 is 5.97 Å².